The third-order valence-corrected chi connectivity index (χ3v) is 9.63. The molecule has 2 saturated carbocycles. The highest BCUT2D eigenvalue weighted by Gasteiger charge is 2.48. The molecule has 8 unspecified atom stereocenters. The Hall–Kier alpha value is -1.38. The summed E-state index contributed by atoms with van der Waals surface area (Å²) >= 11 is 0. The van der Waals surface area contributed by atoms with Gasteiger partial charge < -0.3 is 15.5 Å². The van der Waals surface area contributed by atoms with Crippen molar-refractivity contribution in [3.05, 3.63) is 0 Å². The Balaban J connectivity index is 1.15. The van der Waals surface area contributed by atoms with Crippen LogP contribution in [0.4, 0.5) is 13.2 Å². The Morgan fingerprint density at radius 2 is 1.84 bits per heavy atom. The number of hydrogen-bond acceptors (Lipinski definition) is 6. The molecule has 0 radical (unpaired) electrons. The van der Waals surface area contributed by atoms with Gasteiger partial charge in [-0.1, -0.05) is 18.8 Å². The maximum Gasteiger partial charge on any atom is 0.392 e. The molecular formula is C28H45F3N6O. The number of carbonyl (C=O) groups excluding carboxylic acids is 1. The van der Waals surface area contributed by atoms with Crippen LogP contribution in [-0.4, -0.2) is 86.1 Å². The summed E-state index contributed by atoms with van der Waals surface area (Å²) in [6.45, 7) is 7.79. The lowest BCUT2D eigenvalue weighted by Crippen LogP contribution is -2.52. The molecule has 0 bridgehead atoms. The van der Waals surface area contributed by atoms with Crippen LogP contribution >= 0.6 is 0 Å². The third kappa shape index (κ3) is 6.84. The van der Waals surface area contributed by atoms with Crippen LogP contribution < -0.4 is 21.4 Å². The summed E-state index contributed by atoms with van der Waals surface area (Å²) in [6.07, 6.45) is 1.93. The normalized spacial score (nSPS) is 39.2. The Morgan fingerprint density at radius 1 is 1.03 bits per heavy atom. The Bertz CT molecular complexity index is 869. The average molecular weight is 539 g/mol. The molecule has 5 aliphatic rings. The predicted octanol–water partition coefficient (Wildman–Crippen LogP) is 2.31. The van der Waals surface area contributed by atoms with E-state index in [1.807, 2.05) is 0 Å². The molecule has 0 spiro atoms. The molecule has 8 atom stereocenters. The highest BCUT2D eigenvalue weighted by Crippen LogP contribution is 2.42. The molecule has 3 saturated heterocycles. The molecular weight excluding hydrogens is 493 g/mol. The standard InChI is InChI=1S/C28H45F3N6O/c1-19-4-5-21(15-20(19)7-9-24-17-33-26-3-2-10-34-37(24)26)27(38)35-23-8-6-22(25(16-23)28(29,30)31)18-36-13-11-32-12-14-36/h19-26,32-34H,2-6,8,10-18H2,1H3,(H,35,38). The van der Waals surface area contributed by atoms with Crippen LogP contribution in [0.3, 0.4) is 0 Å². The summed E-state index contributed by atoms with van der Waals surface area (Å²) in [5.74, 6) is 5.53. The van der Waals surface area contributed by atoms with E-state index in [1.54, 1.807) is 0 Å². The van der Waals surface area contributed by atoms with E-state index in [-0.39, 0.29) is 30.2 Å². The number of nitrogens with one attached hydrogen (secondary N) is 4. The van der Waals surface area contributed by atoms with Crippen LogP contribution in [-0.2, 0) is 4.79 Å². The lowest BCUT2D eigenvalue weighted by molar-refractivity contribution is -0.200. The zero-order chi connectivity index (χ0) is 26.7. The summed E-state index contributed by atoms with van der Waals surface area (Å²) < 4.78 is 42.2. The smallest absolute Gasteiger partial charge is 0.353 e. The number of rotatable bonds is 4. The first-order valence-corrected chi connectivity index (χ1v) is 14.8. The van der Waals surface area contributed by atoms with E-state index in [9.17, 15) is 18.0 Å². The van der Waals surface area contributed by atoms with E-state index in [4.69, 9.17) is 0 Å². The second kappa shape index (κ2) is 12.4. The zero-order valence-electron chi connectivity index (χ0n) is 22.7. The quantitative estimate of drug-likeness (QED) is 0.412. The minimum Gasteiger partial charge on any atom is -0.353 e. The number of alkyl halides is 3. The largest absolute Gasteiger partial charge is 0.392 e. The van der Waals surface area contributed by atoms with Crippen molar-refractivity contribution < 1.29 is 18.0 Å². The highest BCUT2D eigenvalue weighted by molar-refractivity contribution is 5.79. The molecule has 5 rings (SSSR count). The summed E-state index contributed by atoms with van der Waals surface area (Å²) in [4.78, 5) is 15.4. The maximum atomic E-state index is 14.1. The number of hydrogen-bond donors (Lipinski definition) is 4. The van der Waals surface area contributed by atoms with Gasteiger partial charge in [-0.05, 0) is 63.2 Å². The van der Waals surface area contributed by atoms with Crippen LogP contribution in [0.25, 0.3) is 0 Å². The van der Waals surface area contributed by atoms with Gasteiger partial charge in [0.1, 0.15) is 0 Å². The molecule has 1 amide bonds. The van der Waals surface area contributed by atoms with Crippen molar-refractivity contribution in [1.82, 2.24) is 31.3 Å². The van der Waals surface area contributed by atoms with Crippen molar-refractivity contribution in [2.75, 3.05) is 45.8 Å². The third-order valence-electron chi connectivity index (χ3n) is 9.63. The van der Waals surface area contributed by atoms with Crippen molar-refractivity contribution in [2.24, 2.45) is 29.6 Å². The molecule has 38 heavy (non-hydrogen) atoms. The molecule has 4 N–H and O–H groups in total. The molecule has 3 aliphatic heterocycles. The Morgan fingerprint density at radius 3 is 2.63 bits per heavy atom. The van der Waals surface area contributed by atoms with Crippen LogP contribution in [0.5, 0.6) is 0 Å². The summed E-state index contributed by atoms with van der Waals surface area (Å²) in [5.41, 5.74) is 3.46. The molecule has 2 aliphatic carbocycles. The van der Waals surface area contributed by atoms with Crippen molar-refractivity contribution >= 4 is 5.91 Å². The lowest BCUT2D eigenvalue weighted by atomic mass is 9.73. The second-order valence-corrected chi connectivity index (χ2v) is 12.3. The van der Waals surface area contributed by atoms with Gasteiger partial charge in [0, 0.05) is 63.7 Å². The first kappa shape index (κ1) is 28.2. The van der Waals surface area contributed by atoms with Crippen molar-refractivity contribution in [3.8, 4) is 11.8 Å². The Labute approximate surface area is 225 Å². The number of carbonyl (C=O) groups is 1. The molecule has 3 heterocycles. The van der Waals surface area contributed by atoms with Gasteiger partial charge in [-0.15, -0.1) is 0 Å². The fraction of sp³-hybridized carbons (Fsp3) is 0.893. The lowest BCUT2D eigenvalue weighted by Gasteiger charge is -2.41. The van der Waals surface area contributed by atoms with E-state index in [0.717, 1.165) is 65.0 Å². The molecule has 10 heteroatoms. The summed E-state index contributed by atoms with van der Waals surface area (Å²) in [5, 5.41) is 12.1. The first-order chi connectivity index (χ1) is 18.3. The minimum atomic E-state index is -4.24. The van der Waals surface area contributed by atoms with E-state index in [0.29, 0.717) is 37.9 Å². The fourth-order valence-electron chi connectivity index (χ4n) is 7.24. The van der Waals surface area contributed by atoms with E-state index in [2.05, 4.69) is 50.0 Å². The van der Waals surface area contributed by atoms with Gasteiger partial charge in [0.25, 0.3) is 0 Å². The highest BCUT2D eigenvalue weighted by atomic mass is 19.4. The molecule has 0 aromatic rings. The predicted molar refractivity (Wildman–Crippen MR) is 141 cm³/mol. The fourth-order valence-corrected chi connectivity index (χ4v) is 7.24. The molecule has 5 fully saturated rings. The molecule has 214 valence electrons. The van der Waals surface area contributed by atoms with Crippen LogP contribution in [0.1, 0.15) is 58.3 Å². The monoisotopic (exact) mass is 538 g/mol. The second-order valence-electron chi connectivity index (χ2n) is 12.3. The maximum absolute atomic E-state index is 14.1. The zero-order valence-corrected chi connectivity index (χ0v) is 22.7. The van der Waals surface area contributed by atoms with Crippen LogP contribution in [0, 0.1) is 41.4 Å². The molecule has 0 aromatic heterocycles. The number of piperazine rings is 1. The van der Waals surface area contributed by atoms with Crippen molar-refractivity contribution in [1.29, 1.82) is 0 Å². The number of hydrazine groups is 1. The average Bonchev–Trinajstić information content (AvgIpc) is 3.32. The number of halogens is 3. The van der Waals surface area contributed by atoms with Gasteiger partial charge in [0.2, 0.25) is 5.91 Å². The topological polar surface area (TPSA) is 71.7 Å². The SMILES string of the molecule is CC1CCC(C(=O)NC2CCC(CN3CCNCC3)C(C(F)(F)F)C2)CC1C#CC1CNC2CCCNN12. The van der Waals surface area contributed by atoms with Gasteiger partial charge in [-0.2, -0.15) is 13.2 Å². The van der Waals surface area contributed by atoms with Crippen molar-refractivity contribution in [3.63, 3.8) is 0 Å². The van der Waals surface area contributed by atoms with Crippen molar-refractivity contribution in [2.45, 2.75) is 82.7 Å². The minimum absolute atomic E-state index is 0.00294. The first-order valence-electron chi connectivity index (χ1n) is 14.8. The summed E-state index contributed by atoms with van der Waals surface area (Å²) in [6, 6.07) is -0.263. The molecule has 0 aromatic carbocycles. The Kier molecular flexibility index (Phi) is 9.21. The number of amides is 1. The molecule has 7 nitrogen and oxygen atoms in total. The van der Waals surface area contributed by atoms with Crippen LogP contribution in [0.15, 0.2) is 0 Å². The number of fused-ring (bicyclic) bond motifs is 1. The van der Waals surface area contributed by atoms with Gasteiger partial charge in [-0.25, -0.2) is 5.01 Å². The van der Waals surface area contributed by atoms with E-state index in [1.165, 1.54) is 0 Å². The van der Waals surface area contributed by atoms with Gasteiger partial charge in [0.05, 0.1) is 18.1 Å². The number of nitrogens with zero attached hydrogens (tertiary/aromatic N) is 2. The van der Waals surface area contributed by atoms with Crippen LogP contribution in [0.2, 0.25) is 0 Å². The van der Waals surface area contributed by atoms with E-state index < -0.39 is 24.1 Å². The van der Waals surface area contributed by atoms with Gasteiger partial charge >= 0.3 is 6.18 Å². The van der Waals surface area contributed by atoms with Gasteiger partial charge in [0.15, 0.2) is 0 Å². The van der Waals surface area contributed by atoms with E-state index >= 15 is 0 Å². The summed E-state index contributed by atoms with van der Waals surface area (Å²) in [7, 11) is 0. The van der Waals surface area contributed by atoms with Gasteiger partial charge in [-0.3, -0.25) is 15.5 Å².